The molecule has 1 N–H and O–H groups in total. The van der Waals surface area contributed by atoms with Gasteiger partial charge in [0, 0.05) is 0 Å². The Balaban J connectivity index is 0.000000282. The van der Waals surface area contributed by atoms with E-state index < -0.39 is 0 Å². The molecule has 26 heavy (non-hydrogen) atoms. The van der Waals surface area contributed by atoms with Gasteiger partial charge in [-0.15, -0.1) is 0 Å². The smallest absolute Gasteiger partial charge is 0.115 e. The van der Waals surface area contributed by atoms with Gasteiger partial charge in [-0.25, -0.2) is 0 Å². The fourth-order valence-corrected chi connectivity index (χ4v) is 3.39. The number of phenolic OH excluding ortho intramolecular Hbond substituents is 1. The predicted octanol–water partition coefficient (Wildman–Crippen LogP) is 7.83. The highest BCUT2D eigenvalue weighted by atomic mass is 16.3. The van der Waals surface area contributed by atoms with Crippen LogP contribution in [0.3, 0.4) is 0 Å². The molecule has 0 unspecified atom stereocenters. The third-order valence-corrected chi connectivity index (χ3v) is 5.08. The summed E-state index contributed by atoms with van der Waals surface area (Å²) in [6, 6.07) is 14.2. The molecule has 1 heteroatoms. The van der Waals surface area contributed by atoms with Gasteiger partial charge in [-0.2, -0.15) is 0 Å². The summed E-state index contributed by atoms with van der Waals surface area (Å²) in [5.41, 5.74) is 5.62. The molecule has 3 rings (SSSR count). The van der Waals surface area contributed by atoms with Crippen LogP contribution in [0.4, 0.5) is 0 Å². The molecule has 0 aliphatic heterocycles. The summed E-state index contributed by atoms with van der Waals surface area (Å²) < 4.78 is 0. The minimum atomic E-state index is 0.367. The summed E-state index contributed by atoms with van der Waals surface area (Å²) in [4.78, 5) is 0. The number of rotatable bonds is 11. The number of phenols is 1. The maximum Gasteiger partial charge on any atom is 0.115 e. The number of hydrogen-bond donors (Lipinski definition) is 1. The molecular formula is C25H36O. The molecule has 0 spiro atoms. The van der Waals surface area contributed by atoms with Crippen LogP contribution >= 0.6 is 0 Å². The first-order chi connectivity index (χ1) is 12.7. The second kappa shape index (κ2) is 11.8. The van der Waals surface area contributed by atoms with E-state index in [9.17, 15) is 5.11 Å². The van der Waals surface area contributed by atoms with Gasteiger partial charge in [0.2, 0.25) is 0 Å². The van der Waals surface area contributed by atoms with Gasteiger partial charge in [-0.3, -0.25) is 0 Å². The van der Waals surface area contributed by atoms with E-state index in [1.807, 2.05) is 12.1 Å². The molecule has 0 atom stereocenters. The fraction of sp³-hybridized carbons (Fsp3) is 0.520. The Labute approximate surface area is 160 Å². The van der Waals surface area contributed by atoms with Crippen LogP contribution in [-0.2, 0) is 6.42 Å². The molecule has 0 radical (unpaired) electrons. The van der Waals surface area contributed by atoms with Crippen LogP contribution in [0.5, 0.6) is 5.75 Å². The highest BCUT2D eigenvalue weighted by molar-refractivity contribution is 5.82. The summed E-state index contributed by atoms with van der Waals surface area (Å²) in [6.45, 7) is 4.40. The van der Waals surface area contributed by atoms with Gasteiger partial charge in [0.05, 0.1) is 0 Å². The summed E-state index contributed by atoms with van der Waals surface area (Å²) in [5, 5.41) is 9.20. The second-order valence-corrected chi connectivity index (χ2v) is 7.69. The predicted molar refractivity (Wildman–Crippen MR) is 114 cm³/mol. The van der Waals surface area contributed by atoms with Crippen molar-refractivity contribution in [3.63, 3.8) is 0 Å². The van der Waals surface area contributed by atoms with Crippen molar-refractivity contribution in [1.82, 2.24) is 0 Å². The second-order valence-electron chi connectivity index (χ2n) is 7.69. The number of fused-ring (bicyclic) bond motifs is 1. The molecule has 0 heterocycles. The molecule has 2 aliphatic rings. The number of benzene rings is 2. The van der Waals surface area contributed by atoms with Crippen molar-refractivity contribution in [2.45, 2.75) is 84.5 Å². The van der Waals surface area contributed by atoms with Gasteiger partial charge in [0.15, 0.2) is 0 Å². The maximum absolute atomic E-state index is 9.20. The summed E-state index contributed by atoms with van der Waals surface area (Å²) in [6.07, 6.45) is 15.0. The van der Waals surface area contributed by atoms with Gasteiger partial charge in [0.25, 0.3) is 0 Å². The third-order valence-electron chi connectivity index (χ3n) is 5.08. The van der Waals surface area contributed by atoms with Crippen molar-refractivity contribution < 1.29 is 5.11 Å². The minimum Gasteiger partial charge on any atom is -0.508 e. The van der Waals surface area contributed by atoms with Crippen molar-refractivity contribution >= 4 is 0 Å². The van der Waals surface area contributed by atoms with Crippen LogP contribution in [0.25, 0.3) is 11.1 Å². The van der Waals surface area contributed by atoms with Gasteiger partial charge >= 0.3 is 0 Å². The van der Waals surface area contributed by atoms with Crippen molar-refractivity contribution in [2.24, 2.45) is 0 Å². The Bertz CT molecular complexity index is 607. The number of aromatic hydroxyl groups is 1. The van der Waals surface area contributed by atoms with Crippen LogP contribution in [0, 0.1) is 6.92 Å². The van der Waals surface area contributed by atoms with E-state index in [2.05, 4.69) is 32.0 Å². The summed E-state index contributed by atoms with van der Waals surface area (Å²) in [7, 11) is 0. The molecule has 2 aliphatic carbocycles. The van der Waals surface area contributed by atoms with E-state index in [0.717, 1.165) is 6.42 Å². The topological polar surface area (TPSA) is 20.2 Å². The molecule has 0 saturated heterocycles. The lowest BCUT2D eigenvalue weighted by molar-refractivity contribution is 0.475. The largest absolute Gasteiger partial charge is 0.508 e. The summed E-state index contributed by atoms with van der Waals surface area (Å²) in [5.74, 6) is 0.367. The Kier molecular flexibility index (Phi) is 9.31. The van der Waals surface area contributed by atoms with Gasteiger partial charge in [-0.1, -0.05) is 89.0 Å². The average molecular weight is 353 g/mol. The zero-order chi connectivity index (χ0) is 18.6. The Morgan fingerprint density at radius 3 is 1.62 bits per heavy atom. The molecule has 0 aromatic heterocycles. The molecule has 142 valence electrons. The van der Waals surface area contributed by atoms with Crippen LogP contribution in [0.1, 0.15) is 82.3 Å². The van der Waals surface area contributed by atoms with Gasteiger partial charge in [0.1, 0.15) is 5.75 Å². The first-order valence-electron chi connectivity index (χ1n) is 10.6. The van der Waals surface area contributed by atoms with Gasteiger partial charge < -0.3 is 5.11 Å². The molecule has 0 bridgehead atoms. The van der Waals surface area contributed by atoms with Crippen LogP contribution in [0.2, 0.25) is 0 Å². The zero-order valence-electron chi connectivity index (χ0n) is 16.8. The molecule has 0 amide bonds. The fourth-order valence-electron chi connectivity index (χ4n) is 3.39. The Hall–Kier alpha value is -1.76. The van der Waals surface area contributed by atoms with Crippen molar-refractivity contribution in [3.05, 3.63) is 53.6 Å². The number of aryl methyl sites for hydroxylation is 2. The number of hydrogen-bond acceptors (Lipinski definition) is 1. The van der Waals surface area contributed by atoms with Crippen LogP contribution in [0.15, 0.2) is 42.5 Å². The van der Waals surface area contributed by atoms with E-state index in [-0.39, 0.29) is 0 Å². The molecule has 1 aromatic carbocycles. The highest BCUT2D eigenvalue weighted by Crippen LogP contribution is 2.35. The van der Waals surface area contributed by atoms with Crippen LogP contribution in [-0.4, -0.2) is 5.11 Å². The monoisotopic (exact) mass is 352 g/mol. The number of unbranched alkanes of at least 4 members (excludes halogenated alkanes) is 9. The van der Waals surface area contributed by atoms with Crippen molar-refractivity contribution in [2.75, 3.05) is 0 Å². The lowest BCUT2D eigenvalue weighted by atomic mass is 10.0. The zero-order valence-corrected chi connectivity index (χ0v) is 16.8. The first-order valence-corrected chi connectivity index (χ1v) is 10.6. The summed E-state index contributed by atoms with van der Waals surface area (Å²) >= 11 is 0. The normalized spacial score (nSPS) is 11.0. The van der Waals surface area contributed by atoms with E-state index in [4.69, 9.17) is 0 Å². The van der Waals surface area contributed by atoms with Crippen molar-refractivity contribution in [3.8, 4) is 16.9 Å². The average Bonchev–Trinajstić information content (AvgIpc) is 3.25. The quantitative estimate of drug-likeness (QED) is 0.349. The van der Waals surface area contributed by atoms with E-state index in [0.29, 0.717) is 5.75 Å². The lowest BCUT2D eigenvalue weighted by Gasteiger charge is -2.03. The lowest BCUT2D eigenvalue weighted by Crippen LogP contribution is -1.86. The Morgan fingerprint density at radius 2 is 1.15 bits per heavy atom. The first kappa shape index (κ1) is 20.6. The van der Waals surface area contributed by atoms with E-state index in [1.54, 1.807) is 12.1 Å². The molecule has 1 aromatic rings. The maximum atomic E-state index is 9.20. The van der Waals surface area contributed by atoms with Crippen LogP contribution < -0.4 is 0 Å². The molecular weight excluding hydrogens is 316 g/mol. The highest BCUT2D eigenvalue weighted by Gasteiger charge is 2.10. The minimum absolute atomic E-state index is 0.367. The van der Waals surface area contributed by atoms with E-state index >= 15 is 0 Å². The molecule has 0 saturated carbocycles. The molecule has 1 nitrogen and oxygen atoms in total. The molecule has 0 fully saturated rings. The standard InChI is InChI=1S/C18H30O.C7H6/c1-2-3-4-5-6-7-8-9-10-11-12-17-13-15-18(19)16-14-17;1-5-2-6-4-7(6)3-5/h13-16,19H,2-12H2,1H3;2-4H,1H3. The SMILES string of the molecule is CCCCCCCCCCCCc1ccc(O)cc1.Cc1cc2cc-2c1. The van der Waals surface area contributed by atoms with E-state index in [1.165, 1.54) is 86.5 Å². The Morgan fingerprint density at radius 1 is 0.654 bits per heavy atom. The third kappa shape index (κ3) is 8.56. The van der Waals surface area contributed by atoms with Gasteiger partial charge in [-0.05, 0) is 60.2 Å². The van der Waals surface area contributed by atoms with Crippen molar-refractivity contribution in [1.29, 1.82) is 0 Å².